The van der Waals surface area contributed by atoms with E-state index in [4.69, 9.17) is 4.57 Å². The summed E-state index contributed by atoms with van der Waals surface area (Å²) in [7, 11) is -6.41. The first-order valence-electron chi connectivity index (χ1n) is 1.47. The zero-order valence-corrected chi connectivity index (χ0v) is 4.55. The van der Waals surface area contributed by atoms with E-state index in [9.17, 15) is 21.6 Å². The normalized spacial score (nSPS) is 13.9. The van der Waals surface area contributed by atoms with Crippen molar-refractivity contribution < 1.29 is 30.7 Å². The third-order valence-corrected chi connectivity index (χ3v) is 0.629. The topological polar surface area (TPSA) is 26.3 Å². The van der Waals surface area contributed by atoms with Crippen LogP contribution in [-0.2, 0) is 9.09 Å². The predicted molar refractivity (Wildman–Crippen MR) is 17.0 cm³/mol. The summed E-state index contributed by atoms with van der Waals surface area (Å²) in [5.41, 5.74) is 0. The molecule has 0 aliphatic carbocycles. The first-order chi connectivity index (χ1) is 3.71. The molecular formula is CF5O2P. The number of alkyl halides is 3. The molecule has 0 rings (SSSR count). The summed E-state index contributed by atoms with van der Waals surface area (Å²) in [5, 5.41) is 0. The van der Waals surface area contributed by atoms with Crippen LogP contribution in [0.2, 0.25) is 0 Å². The third kappa shape index (κ3) is 7.84. The van der Waals surface area contributed by atoms with Crippen LogP contribution >= 0.6 is 7.99 Å². The van der Waals surface area contributed by atoms with E-state index >= 15 is 0 Å². The molecule has 2 nitrogen and oxygen atoms in total. The van der Waals surface area contributed by atoms with Crippen molar-refractivity contribution in [2.45, 2.75) is 6.36 Å². The van der Waals surface area contributed by atoms with Crippen LogP contribution in [0.4, 0.5) is 21.6 Å². The lowest BCUT2D eigenvalue weighted by Crippen LogP contribution is -2.08. The Morgan fingerprint density at radius 1 is 1.22 bits per heavy atom. The van der Waals surface area contributed by atoms with Gasteiger partial charge in [0.25, 0.3) is 0 Å². The standard InChI is InChI=1S/CF5O2P/c2-1(3,4)8-9(5,6)7. The molecule has 0 heterocycles. The lowest BCUT2D eigenvalue weighted by atomic mass is 11.4. The summed E-state index contributed by atoms with van der Waals surface area (Å²) in [4.78, 5) is 0. The molecule has 0 bridgehead atoms. The van der Waals surface area contributed by atoms with E-state index in [2.05, 4.69) is 0 Å². The van der Waals surface area contributed by atoms with Gasteiger partial charge in [-0.3, -0.25) is 0 Å². The molecule has 8 heteroatoms. The highest BCUT2D eigenvalue weighted by molar-refractivity contribution is 7.47. The first kappa shape index (κ1) is 8.84. The van der Waals surface area contributed by atoms with Gasteiger partial charge in [-0.15, -0.1) is 21.6 Å². The van der Waals surface area contributed by atoms with Gasteiger partial charge in [0.15, 0.2) is 0 Å². The lowest BCUT2D eigenvalue weighted by Gasteiger charge is -2.02. The molecule has 0 radical (unpaired) electrons. The van der Waals surface area contributed by atoms with Crippen LogP contribution in [-0.4, -0.2) is 6.36 Å². The summed E-state index contributed by atoms with van der Waals surface area (Å²) in [6.07, 6.45) is -5.53. The highest BCUT2D eigenvalue weighted by Crippen LogP contribution is 2.54. The first-order valence-corrected chi connectivity index (χ1v) is 2.88. The minimum Gasteiger partial charge on any atom is -0.218 e. The van der Waals surface area contributed by atoms with E-state index in [0.717, 1.165) is 0 Å². The average molecular weight is 170 g/mol. The maximum Gasteiger partial charge on any atom is 0.558 e. The van der Waals surface area contributed by atoms with Gasteiger partial charge in [0.2, 0.25) is 0 Å². The fraction of sp³-hybridized carbons (Fsp3) is 1.00. The molecule has 0 spiro atoms. The molecule has 0 aliphatic rings. The highest BCUT2D eigenvalue weighted by Gasteiger charge is 2.41. The van der Waals surface area contributed by atoms with Crippen molar-refractivity contribution in [1.29, 1.82) is 0 Å². The quantitative estimate of drug-likeness (QED) is 0.446. The number of halogens is 5. The van der Waals surface area contributed by atoms with Crippen molar-refractivity contribution in [3.63, 3.8) is 0 Å². The SMILES string of the molecule is O=P(F)(F)OC(F)(F)F. The second kappa shape index (κ2) is 2.22. The third-order valence-electron chi connectivity index (χ3n) is 0.210. The van der Waals surface area contributed by atoms with Crippen LogP contribution in [0.25, 0.3) is 0 Å². The lowest BCUT2D eigenvalue weighted by molar-refractivity contribution is -0.278. The van der Waals surface area contributed by atoms with Gasteiger partial charge in [-0.2, -0.15) is 4.52 Å². The minimum atomic E-state index is -6.41. The molecule has 0 amide bonds. The van der Waals surface area contributed by atoms with Crippen molar-refractivity contribution in [2.24, 2.45) is 0 Å². The molecule has 0 saturated heterocycles. The predicted octanol–water partition coefficient (Wildman–Crippen LogP) is 2.57. The summed E-state index contributed by atoms with van der Waals surface area (Å²) in [6.45, 7) is 0. The Kier molecular flexibility index (Phi) is 2.19. The second-order valence-electron chi connectivity index (χ2n) is 0.951. The summed E-state index contributed by atoms with van der Waals surface area (Å²) < 4.78 is 64.5. The van der Waals surface area contributed by atoms with E-state index < -0.39 is 14.4 Å². The molecule has 0 aliphatic heterocycles. The summed E-state index contributed by atoms with van der Waals surface area (Å²) in [6, 6.07) is 0. The summed E-state index contributed by atoms with van der Waals surface area (Å²) in [5.74, 6) is 0. The van der Waals surface area contributed by atoms with E-state index in [1.54, 1.807) is 0 Å². The van der Waals surface area contributed by atoms with Gasteiger partial charge in [-0.05, 0) is 0 Å². The zero-order chi connectivity index (χ0) is 7.71. The highest BCUT2D eigenvalue weighted by atomic mass is 31.2. The molecule has 0 fully saturated rings. The second-order valence-corrected chi connectivity index (χ2v) is 1.96. The van der Waals surface area contributed by atoms with Crippen molar-refractivity contribution >= 4 is 7.99 Å². The smallest absolute Gasteiger partial charge is 0.218 e. The molecular weight excluding hydrogens is 170 g/mol. The van der Waals surface area contributed by atoms with Crippen molar-refractivity contribution in [3.8, 4) is 0 Å². The van der Waals surface area contributed by atoms with Gasteiger partial charge in [-0.1, -0.05) is 0 Å². The van der Waals surface area contributed by atoms with Crippen LogP contribution in [0.15, 0.2) is 0 Å². The van der Waals surface area contributed by atoms with E-state index in [0.29, 0.717) is 0 Å². The van der Waals surface area contributed by atoms with Crippen molar-refractivity contribution in [3.05, 3.63) is 0 Å². The van der Waals surface area contributed by atoms with Crippen LogP contribution in [0.1, 0.15) is 0 Å². The Morgan fingerprint density at radius 2 is 1.56 bits per heavy atom. The Hall–Kier alpha value is -0.160. The molecule has 0 aromatic heterocycles. The largest absolute Gasteiger partial charge is 0.558 e. The molecule has 0 unspecified atom stereocenters. The molecule has 0 aromatic rings. The zero-order valence-electron chi connectivity index (χ0n) is 3.65. The molecule has 0 N–H and O–H groups in total. The van der Waals surface area contributed by atoms with Crippen molar-refractivity contribution in [1.82, 2.24) is 0 Å². The van der Waals surface area contributed by atoms with E-state index in [-0.39, 0.29) is 0 Å². The van der Waals surface area contributed by atoms with Crippen LogP contribution in [0.5, 0.6) is 0 Å². The number of hydrogen-bond donors (Lipinski definition) is 0. The molecule has 0 saturated carbocycles. The number of rotatable bonds is 1. The van der Waals surface area contributed by atoms with Crippen molar-refractivity contribution in [2.75, 3.05) is 0 Å². The molecule has 0 aromatic carbocycles. The van der Waals surface area contributed by atoms with Gasteiger partial charge in [0.05, 0.1) is 0 Å². The van der Waals surface area contributed by atoms with Gasteiger partial charge in [-0.25, -0.2) is 4.57 Å². The van der Waals surface area contributed by atoms with Crippen LogP contribution in [0, 0.1) is 0 Å². The minimum absolute atomic E-state index is 1.85. The fourth-order valence-electron chi connectivity index (χ4n) is 0.121. The van der Waals surface area contributed by atoms with Gasteiger partial charge >= 0.3 is 14.4 Å². The Balaban J connectivity index is 3.90. The van der Waals surface area contributed by atoms with E-state index in [1.807, 2.05) is 4.52 Å². The molecule has 56 valence electrons. The Bertz CT molecular complexity index is 132. The van der Waals surface area contributed by atoms with Gasteiger partial charge in [0, 0.05) is 0 Å². The Morgan fingerprint density at radius 3 is 1.56 bits per heavy atom. The van der Waals surface area contributed by atoms with Gasteiger partial charge < -0.3 is 0 Å². The monoisotopic (exact) mass is 170 g/mol. The average Bonchev–Trinajstić information content (AvgIpc) is 1.14. The summed E-state index contributed by atoms with van der Waals surface area (Å²) >= 11 is 0. The Labute approximate surface area is 46.3 Å². The van der Waals surface area contributed by atoms with Crippen LogP contribution in [0.3, 0.4) is 0 Å². The maximum absolute atomic E-state index is 10.8. The maximum atomic E-state index is 10.8. The van der Waals surface area contributed by atoms with E-state index in [1.165, 1.54) is 0 Å². The molecule has 9 heavy (non-hydrogen) atoms. The van der Waals surface area contributed by atoms with Gasteiger partial charge in [0.1, 0.15) is 0 Å². The molecule has 0 atom stereocenters. The fourth-order valence-corrected chi connectivity index (χ4v) is 0.362. The number of hydrogen-bond acceptors (Lipinski definition) is 2. The van der Waals surface area contributed by atoms with Crippen LogP contribution < -0.4 is 0 Å².